The van der Waals surface area contributed by atoms with E-state index in [2.05, 4.69) is 37.3 Å². The number of aliphatic hydroxyl groups excluding tert-OH is 1. The number of carbonyl (C=O) groups excluding carboxylic acids is 1. The van der Waals surface area contributed by atoms with E-state index in [1.807, 2.05) is 33.0 Å². The molecule has 34 heavy (non-hydrogen) atoms. The molecular weight excluding hydrogens is 422 g/mol. The van der Waals surface area contributed by atoms with E-state index in [0.29, 0.717) is 35.8 Å². The van der Waals surface area contributed by atoms with E-state index in [1.165, 1.54) is 16.7 Å². The van der Waals surface area contributed by atoms with Crippen molar-refractivity contribution in [3.8, 4) is 5.75 Å². The molecule has 6 atom stereocenters. The zero-order valence-electron chi connectivity index (χ0n) is 21.0. The number of aryl methyl sites for hydroxylation is 1. The standard InChI is InChI=1S/C30H39NO3/c1-18(2)31(4)28(34)15-19-5-7-20(8-6-19)25-17-30(3)26(13-14-27(30)33)24-11-9-21-16-22(32)10-12-23(21)29(24)25/h5-8,10,12,16,18,24-27,29,32-33H,9,11,13-15,17H2,1-4H3/t24-,25+,26-,27-,29+,30-/m0/s1. The Morgan fingerprint density at radius 3 is 2.56 bits per heavy atom. The first-order valence-corrected chi connectivity index (χ1v) is 13.0. The average molecular weight is 462 g/mol. The van der Waals surface area contributed by atoms with E-state index in [4.69, 9.17) is 0 Å². The summed E-state index contributed by atoms with van der Waals surface area (Å²) in [4.78, 5) is 14.4. The Kier molecular flexibility index (Phi) is 6.00. The Hall–Kier alpha value is -2.33. The van der Waals surface area contributed by atoms with Crippen molar-refractivity contribution in [2.24, 2.45) is 17.3 Å². The maximum atomic E-state index is 12.6. The SMILES string of the molecule is CC(C)N(C)C(=O)Cc1ccc([C@H]2C[C@]3(C)[C@@H](O)CC[C@H]3[C@@H]3CCc4cc(O)ccc4[C@H]32)cc1. The molecule has 0 aromatic heterocycles. The summed E-state index contributed by atoms with van der Waals surface area (Å²) in [6.45, 7) is 6.39. The molecule has 0 saturated heterocycles. The van der Waals surface area contributed by atoms with Crippen molar-refractivity contribution in [1.82, 2.24) is 4.90 Å². The molecule has 2 N–H and O–H groups in total. The maximum absolute atomic E-state index is 12.6. The predicted octanol–water partition coefficient (Wildman–Crippen LogP) is 5.41. The molecule has 2 saturated carbocycles. The lowest BCUT2D eigenvalue weighted by atomic mass is 9.51. The molecule has 2 aromatic rings. The van der Waals surface area contributed by atoms with Crippen LogP contribution in [0.1, 0.15) is 80.5 Å². The number of benzene rings is 2. The maximum Gasteiger partial charge on any atom is 0.226 e. The summed E-state index contributed by atoms with van der Waals surface area (Å²) in [6.07, 6.45) is 5.32. The minimum absolute atomic E-state index is 0.0468. The second kappa shape index (κ2) is 8.71. The fourth-order valence-electron chi connectivity index (χ4n) is 7.46. The van der Waals surface area contributed by atoms with E-state index < -0.39 is 0 Å². The molecule has 2 fully saturated rings. The smallest absolute Gasteiger partial charge is 0.226 e. The van der Waals surface area contributed by atoms with E-state index in [0.717, 1.165) is 37.7 Å². The number of hydrogen-bond acceptors (Lipinski definition) is 3. The van der Waals surface area contributed by atoms with Gasteiger partial charge in [-0.15, -0.1) is 0 Å². The van der Waals surface area contributed by atoms with Crippen LogP contribution in [0.5, 0.6) is 5.75 Å². The number of fused-ring (bicyclic) bond motifs is 5. The molecular formula is C30H39NO3. The number of amides is 1. The number of carbonyl (C=O) groups is 1. The molecule has 182 valence electrons. The Balaban J connectivity index is 1.49. The van der Waals surface area contributed by atoms with Crippen molar-refractivity contribution in [1.29, 1.82) is 0 Å². The van der Waals surface area contributed by atoms with Crippen LogP contribution >= 0.6 is 0 Å². The van der Waals surface area contributed by atoms with Crippen molar-refractivity contribution < 1.29 is 15.0 Å². The number of phenolic OH excluding ortho intramolecular Hbond substituents is 1. The molecule has 0 heterocycles. The number of aliphatic hydroxyl groups is 1. The minimum atomic E-state index is -0.231. The van der Waals surface area contributed by atoms with Gasteiger partial charge in [-0.3, -0.25) is 4.79 Å². The van der Waals surface area contributed by atoms with Gasteiger partial charge >= 0.3 is 0 Å². The van der Waals surface area contributed by atoms with Crippen molar-refractivity contribution in [2.45, 2.75) is 83.3 Å². The first-order valence-electron chi connectivity index (χ1n) is 13.0. The van der Waals surface area contributed by atoms with Crippen molar-refractivity contribution in [2.75, 3.05) is 7.05 Å². The zero-order chi connectivity index (χ0) is 24.2. The molecule has 3 aliphatic rings. The van der Waals surface area contributed by atoms with Gasteiger partial charge in [0.25, 0.3) is 0 Å². The van der Waals surface area contributed by atoms with Crippen LogP contribution in [0.2, 0.25) is 0 Å². The number of rotatable bonds is 4. The van der Waals surface area contributed by atoms with Gasteiger partial charge in [0.1, 0.15) is 5.75 Å². The Bertz CT molecular complexity index is 1060. The van der Waals surface area contributed by atoms with Gasteiger partial charge in [0.15, 0.2) is 0 Å². The fourth-order valence-corrected chi connectivity index (χ4v) is 7.46. The van der Waals surface area contributed by atoms with Gasteiger partial charge in [0.2, 0.25) is 5.91 Å². The van der Waals surface area contributed by atoms with Gasteiger partial charge in [-0.1, -0.05) is 37.3 Å². The number of phenols is 1. The van der Waals surface area contributed by atoms with Crippen LogP contribution < -0.4 is 0 Å². The van der Waals surface area contributed by atoms with Crippen molar-refractivity contribution >= 4 is 5.91 Å². The highest BCUT2D eigenvalue weighted by Crippen LogP contribution is 2.65. The van der Waals surface area contributed by atoms with E-state index in [1.54, 1.807) is 4.90 Å². The van der Waals surface area contributed by atoms with Gasteiger partial charge in [0.05, 0.1) is 12.5 Å². The normalized spacial score (nSPS) is 32.1. The van der Waals surface area contributed by atoms with Gasteiger partial charge in [-0.2, -0.15) is 0 Å². The summed E-state index contributed by atoms with van der Waals surface area (Å²) < 4.78 is 0. The van der Waals surface area contributed by atoms with Crippen LogP contribution in [0.15, 0.2) is 42.5 Å². The number of hydrogen-bond donors (Lipinski definition) is 2. The molecule has 3 aliphatic carbocycles. The van der Waals surface area contributed by atoms with E-state index in [9.17, 15) is 15.0 Å². The molecule has 0 unspecified atom stereocenters. The monoisotopic (exact) mass is 461 g/mol. The lowest BCUT2D eigenvalue weighted by Crippen LogP contribution is -2.47. The molecule has 4 heteroatoms. The van der Waals surface area contributed by atoms with E-state index >= 15 is 0 Å². The first kappa shape index (κ1) is 23.4. The summed E-state index contributed by atoms with van der Waals surface area (Å²) in [6, 6.07) is 14.8. The second-order valence-electron chi connectivity index (χ2n) is 11.6. The Morgan fingerprint density at radius 1 is 1.12 bits per heavy atom. The number of likely N-dealkylation sites (N-methyl/N-ethyl adjacent to an activating group) is 1. The third-order valence-electron chi connectivity index (χ3n) is 9.59. The van der Waals surface area contributed by atoms with Crippen LogP contribution in [-0.4, -0.2) is 40.2 Å². The Labute approximate surface area is 204 Å². The summed E-state index contributed by atoms with van der Waals surface area (Å²) in [5.74, 6) is 2.34. The first-order chi connectivity index (χ1) is 16.2. The fraction of sp³-hybridized carbons (Fsp3) is 0.567. The molecule has 0 bridgehead atoms. The summed E-state index contributed by atoms with van der Waals surface area (Å²) in [7, 11) is 1.87. The van der Waals surface area contributed by atoms with Crippen LogP contribution in [0, 0.1) is 17.3 Å². The largest absolute Gasteiger partial charge is 0.508 e. The van der Waals surface area contributed by atoms with Crippen molar-refractivity contribution in [3.63, 3.8) is 0 Å². The van der Waals surface area contributed by atoms with Crippen molar-refractivity contribution in [3.05, 3.63) is 64.7 Å². The highest BCUT2D eigenvalue weighted by atomic mass is 16.3. The minimum Gasteiger partial charge on any atom is -0.508 e. The predicted molar refractivity (Wildman–Crippen MR) is 135 cm³/mol. The summed E-state index contributed by atoms with van der Waals surface area (Å²) in [5.41, 5.74) is 4.98. The molecule has 2 aromatic carbocycles. The molecule has 0 spiro atoms. The average Bonchev–Trinajstić information content (AvgIpc) is 3.12. The Morgan fingerprint density at radius 2 is 1.85 bits per heavy atom. The van der Waals surface area contributed by atoms with Gasteiger partial charge in [-0.05, 0) is 109 Å². The molecule has 1 amide bonds. The second-order valence-corrected chi connectivity index (χ2v) is 11.6. The lowest BCUT2D eigenvalue weighted by molar-refractivity contribution is -0.130. The van der Waals surface area contributed by atoms with Gasteiger partial charge < -0.3 is 15.1 Å². The lowest BCUT2D eigenvalue weighted by Gasteiger charge is -2.54. The highest BCUT2D eigenvalue weighted by Gasteiger charge is 2.57. The molecule has 4 nitrogen and oxygen atoms in total. The van der Waals surface area contributed by atoms with Crippen LogP contribution in [-0.2, 0) is 17.6 Å². The third-order valence-corrected chi connectivity index (χ3v) is 9.59. The summed E-state index contributed by atoms with van der Waals surface area (Å²) >= 11 is 0. The molecule has 5 rings (SSSR count). The molecule has 0 radical (unpaired) electrons. The third kappa shape index (κ3) is 3.84. The van der Waals surface area contributed by atoms with Crippen LogP contribution in [0.25, 0.3) is 0 Å². The summed E-state index contributed by atoms with van der Waals surface area (Å²) in [5, 5.41) is 21.1. The topological polar surface area (TPSA) is 60.8 Å². The quantitative estimate of drug-likeness (QED) is 0.640. The number of aromatic hydroxyl groups is 1. The van der Waals surface area contributed by atoms with Gasteiger partial charge in [0, 0.05) is 13.1 Å². The molecule has 0 aliphatic heterocycles. The van der Waals surface area contributed by atoms with Crippen LogP contribution in [0.4, 0.5) is 0 Å². The number of nitrogens with zero attached hydrogens (tertiary/aromatic N) is 1. The van der Waals surface area contributed by atoms with Gasteiger partial charge in [-0.25, -0.2) is 0 Å². The van der Waals surface area contributed by atoms with E-state index in [-0.39, 0.29) is 23.5 Å². The zero-order valence-corrected chi connectivity index (χ0v) is 21.0. The van der Waals surface area contributed by atoms with Crippen LogP contribution in [0.3, 0.4) is 0 Å². The highest BCUT2D eigenvalue weighted by molar-refractivity contribution is 5.78.